The summed E-state index contributed by atoms with van der Waals surface area (Å²) in [5.41, 5.74) is 0. The van der Waals surface area contributed by atoms with Crippen LogP contribution in [0, 0.1) is 0 Å². The largest absolute Gasteiger partial charge is 0.350 e. The Bertz CT molecular complexity index is 287. The molecule has 3 nitrogen and oxygen atoms in total. The monoisotopic (exact) mass is 262 g/mol. The van der Waals surface area contributed by atoms with Crippen LogP contribution in [0.5, 0.6) is 0 Å². The van der Waals surface area contributed by atoms with Gasteiger partial charge in [0.05, 0.1) is 13.1 Å². The Morgan fingerprint density at radius 2 is 2.46 bits per heavy atom. The first-order chi connectivity index (χ1) is 6.24. The number of likely N-dealkylation sites (N-methyl/N-ethyl adjacent to an activating group) is 1. The van der Waals surface area contributed by atoms with Gasteiger partial charge in [0.15, 0.2) is 0 Å². The van der Waals surface area contributed by atoms with Crippen LogP contribution in [-0.4, -0.2) is 19.5 Å². The van der Waals surface area contributed by atoms with Gasteiger partial charge < -0.3 is 10.6 Å². The van der Waals surface area contributed by atoms with Crippen LogP contribution in [0.4, 0.5) is 0 Å². The van der Waals surface area contributed by atoms with Gasteiger partial charge in [-0.25, -0.2) is 0 Å². The predicted molar refractivity (Wildman–Crippen MR) is 57.8 cm³/mol. The van der Waals surface area contributed by atoms with Crippen LogP contribution < -0.4 is 10.6 Å². The quantitative estimate of drug-likeness (QED) is 0.860. The van der Waals surface area contributed by atoms with E-state index >= 15 is 0 Å². The summed E-state index contributed by atoms with van der Waals surface area (Å²) in [6.07, 6.45) is 0. The molecule has 0 aliphatic rings. The van der Waals surface area contributed by atoms with Crippen LogP contribution in [0.1, 0.15) is 4.88 Å². The topological polar surface area (TPSA) is 41.1 Å². The summed E-state index contributed by atoms with van der Waals surface area (Å²) in [5, 5.41) is 7.59. The van der Waals surface area contributed by atoms with E-state index in [1.807, 2.05) is 11.4 Å². The number of rotatable bonds is 4. The minimum Gasteiger partial charge on any atom is -0.350 e. The molecular weight excluding hydrogens is 252 g/mol. The Kier molecular flexibility index (Phi) is 4.41. The van der Waals surface area contributed by atoms with Gasteiger partial charge in [0, 0.05) is 9.35 Å². The van der Waals surface area contributed by atoms with Crippen molar-refractivity contribution in [1.82, 2.24) is 10.6 Å². The van der Waals surface area contributed by atoms with E-state index in [0.717, 1.165) is 9.35 Å². The summed E-state index contributed by atoms with van der Waals surface area (Å²) in [6.45, 7) is 0.960. The smallest absolute Gasteiger partial charge is 0.234 e. The van der Waals surface area contributed by atoms with Gasteiger partial charge in [0.2, 0.25) is 5.91 Å². The highest BCUT2D eigenvalue weighted by atomic mass is 79.9. The van der Waals surface area contributed by atoms with Crippen molar-refractivity contribution in [3.8, 4) is 0 Å². The predicted octanol–water partition coefficient (Wildman–Crippen LogP) is 1.35. The molecule has 0 unspecified atom stereocenters. The fourth-order valence-corrected chi connectivity index (χ4v) is 2.29. The summed E-state index contributed by atoms with van der Waals surface area (Å²) in [7, 11) is 1.75. The molecule has 0 radical (unpaired) electrons. The Morgan fingerprint density at radius 3 is 3.00 bits per heavy atom. The molecule has 0 saturated heterocycles. The van der Waals surface area contributed by atoms with E-state index in [2.05, 4.69) is 26.6 Å². The van der Waals surface area contributed by atoms with Crippen LogP contribution >= 0.6 is 27.3 Å². The summed E-state index contributed by atoms with van der Waals surface area (Å²) >= 11 is 5.03. The fourth-order valence-electron chi connectivity index (χ4n) is 0.853. The molecule has 0 bridgehead atoms. The van der Waals surface area contributed by atoms with Crippen LogP contribution in [0.25, 0.3) is 0 Å². The zero-order valence-corrected chi connectivity index (χ0v) is 9.67. The zero-order valence-electron chi connectivity index (χ0n) is 7.26. The van der Waals surface area contributed by atoms with Crippen LogP contribution in [0.15, 0.2) is 15.9 Å². The second kappa shape index (κ2) is 5.36. The number of amides is 1. The molecule has 13 heavy (non-hydrogen) atoms. The molecule has 1 heterocycles. The molecule has 1 rings (SSSR count). The van der Waals surface area contributed by atoms with E-state index in [1.54, 1.807) is 18.4 Å². The van der Waals surface area contributed by atoms with Crippen LogP contribution in [-0.2, 0) is 11.3 Å². The minimum atomic E-state index is 0.0165. The van der Waals surface area contributed by atoms with E-state index in [0.29, 0.717) is 13.1 Å². The number of carbonyl (C=O) groups is 1. The van der Waals surface area contributed by atoms with Gasteiger partial charge in [-0.2, -0.15) is 0 Å². The molecule has 0 aromatic carbocycles. The van der Waals surface area contributed by atoms with Gasteiger partial charge >= 0.3 is 0 Å². The first-order valence-corrected chi connectivity index (χ1v) is 5.54. The fraction of sp³-hybridized carbons (Fsp3) is 0.375. The van der Waals surface area contributed by atoms with Crippen molar-refractivity contribution in [3.05, 3.63) is 20.8 Å². The normalized spacial score (nSPS) is 10.0. The van der Waals surface area contributed by atoms with Crippen molar-refractivity contribution in [2.45, 2.75) is 6.54 Å². The van der Waals surface area contributed by atoms with Gasteiger partial charge in [0.1, 0.15) is 0 Å². The van der Waals surface area contributed by atoms with E-state index < -0.39 is 0 Å². The molecule has 1 aromatic heterocycles. The van der Waals surface area contributed by atoms with Gasteiger partial charge in [-0.05, 0) is 34.4 Å². The standard InChI is InChI=1S/C8H11BrN2OS/c1-10-5-8(12)11-4-7-6(9)2-3-13-7/h2-3,10H,4-5H2,1H3,(H,11,12). The summed E-state index contributed by atoms with van der Waals surface area (Å²) in [6, 6.07) is 1.98. The van der Waals surface area contributed by atoms with Crippen molar-refractivity contribution in [1.29, 1.82) is 0 Å². The van der Waals surface area contributed by atoms with Crippen molar-refractivity contribution >= 4 is 33.2 Å². The highest BCUT2D eigenvalue weighted by Gasteiger charge is 2.03. The third-order valence-corrected chi connectivity index (χ3v) is 3.40. The number of halogens is 1. The minimum absolute atomic E-state index is 0.0165. The second-order valence-corrected chi connectivity index (χ2v) is 4.35. The Hall–Kier alpha value is -0.390. The highest BCUT2D eigenvalue weighted by Crippen LogP contribution is 2.21. The Balaban J connectivity index is 2.35. The molecule has 0 saturated carbocycles. The lowest BCUT2D eigenvalue weighted by Crippen LogP contribution is -2.31. The third-order valence-electron chi connectivity index (χ3n) is 1.47. The molecule has 0 spiro atoms. The molecule has 1 aromatic rings. The van der Waals surface area contributed by atoms with Crippen LogP contribution in [0.3, 0.4) is 0 Å². The second-order valence-electron chi connectivity index (χ2n) is 2.50. The van der Waals surface area contributed by atoms with Gasteiger partial charge in [-0.3, -0.25) is 4.79 Å². The molecule has 72 valence electrons. The number of nitrogens with one attached hydrogen (secondary N) is 2. The Morgan fingerprint density at radius 1 is 1.69 bits per heavy atom. The zero-order chi connectivity index (χ0) is 9.68. The first kappa shape index (κ1) is 10.7. The van der Waals surface area contributed by atoms with Crippen LogP contribution in [0.2, 0.25) is 0 Å². The Labute approximate surface area is 89.7 Å². The first-order valence-electron chi connectivity index (χ1n) is 3.87. The maximum atomic E-state index is 11.1. The summed E-state index contributed by atoms with van der Waals surface area (Å²) in [4.78, 5) is 12.2. The van der Waals surface area contributed by atoms with Gasteiger partial charge in [-0.15, -0.1) is 11.3 Å². The van der Waals surface area contributed by atoms with E-state index in [9.17, 15) is 4.79 Å². The molecule has 1 amide bonds. The van der Waals surface area contributed by atoms with Crippen molar-refractivity contribution < 1.29 is 4.79 Å². The summed E-state index contributed by atoms with van der Waals surface area (Å²) < 4.78 is 1.06. The SMILES string of the molecule is CNCC(=O)NCc1sccc1Br. The highest BCUT2D eigenvalue weighted by molar-refractivity contribution is 9.10. The van der Waals surface area contributed by atoms with Gasteiger partial charge in [0.25, 0.3) is 0 Å². The van der Waals surface area contributed by atoms with E-state index in [4.69, 9.17) is 0 Å². The number of thiophene rings is 1. The molecule has 0 atom stereocenters. The maximum Gasteiger partial charge on any atom is 0.234 e. The average Bonchev–Trinajstić information content (AvgIpc) is 2.48. The lowest BCUT2D eigenvalue weighted by atomic mass is 10.4. The molecular formula is C8H11BrN2OS. The third kappa shape index (κ3) is 3.46. The molecule has 0 aliphatic carbocycles. The summed E-state index contributed by atoms with van der Waals surface area (Å²) in [5.74, 6) is 0.0165. The average molecular weight is 263 g/mol. The molecule has 0 fully saturated rings. The van der Waals surface area contributed by atoms with Gasteiger partial charge in [-0.1, -0.05) is 0 Å². The number of hydrogen-bond donors (Lipinski definition) is 2. The van der Waals surface area contributed by atoms with Crippen molar-refractivity contribution in [2.75, 3.05) is 13.6 Å². The lowest BCUT2D eigenvalue weighted by Gasteiger charge is -2.02. The maximum absolute atomic E-state index is 11.1. The van der Waals surface area contributed by atoms with E-state index in [-0.39, 0.29) is 5.91 Å². The number of hydrogen-bond acceptors (Lipinski definition) is 3. The van der Waals surface area contributed by atoms with Crippen molar-refractivity contribution in [2.24, 2.45) is 0 Å². The molecule has 0 aliphatic heterocycles. The van der Waals surface area contributed by atoms with Crippen molar-refractivity contribution in [3.63, 3.8) is 0 Å². The van der Waals surface area contributed by atoms with E-state index in [1.165, 1.54) is 0 Å². The molecule has 2 N–H and O–H groups in total. The molecule has 5 heteroatoms. The number of carbonyl (C=O) groups excluding carboxylic acids is 1. The lowest BCUT2D eigenvalue weighted by molar-refractivity contribution is -0.120.